The lowest BCUT2D eigenvalue weighted by molar-refractivity contribution is -0.118. The van der Waals surface area contributed by atoms with E-state index in [4.69, 9.17) is 4.74 Å². The first-order valence-electron chi connectivity index (χ1n) is 6.87. The number of aryl methyl sites for hydroxylation is 2. The van der Waals surface area contributed by atoms with Gasteiger partial charge >= 0.3 is 0 Å². The van der Waals surface area contributed by atoms with Gasteiger partial charge in [0.05, 0.1) is 4.47 Å². The number of hydrogen-bond donors (Lipinski definition) is 1. The molecule has 0 radical (unpaired) electrons. The maximum absolute atomic E-state index is 12.1. The zero-order chi connectivity index (χ0) is 15.2. The summed E-state index contributed by atoms with van der Waals surface area (Å²) in [6.45, 7) is 4.05. The van der Waals surface area contributed by atoms with Gasteiger partial charge in [0.2, 0.25) is 0 Å². The Hall–Kier alpha value is -1.81. The second kappa shape index (κ2) is 7.27. The van der Waals surface area contributed by atoms with Crippen LogP contribution in [0, 0.1) is 6.92 Å². The molecule has 0 saturated carbocycles. The van der Waals surface area contributed by atoms with Gasteiger partial charge in [-0.25, -0.2) is 0 Å². The van der Waals surface area contributed by atoms with E-state index in [0.29, 0.717) is 5.75 Å². The average Bonchev–Trinajstić information content (AvgIpc) is 2.48. The van der Waals surface area contributed by atoms with Crippen LogP contribution in [0.5, 0.6) is 5.75 Å². The van der Waals surface area contributed by atoms with Crippen molar-refractivity contribution in [3.05, 3.63) is 58.1 Å². The average molecular weight is 348 g/mol. The van der Waals surface area contributed by atoms with Crippen molar-refractivity contribution in [2.75, 3.05) is 11.9 Å². The number of ether oxygens (including phenoxy) is 1. The van der Waals surface area contributed by atoms with Gasteiger partial charge in [0.1, 0.15) is 5.75 Å². The standard InChI is InChI=1S/C17H18BrNO2/c1-3-13-8-6-7-12(2)17(13)19-16(20)11-21-15-10-5-4-9-14(15)18/h4-10H,3,11H2,1-2H3,(H,19,20). The van der Waals surface area contributed by atoms with Crippen LogP contribution in [-0.4, -0.2) is 12.5 Å². The number of anilines is 1. The summed E-state index contributed by atoms with van der Waals surface area (Å²) in [5.74, 6) is 0.503. The highest BCUT2D eigenvalue weighted by molar-refractivity contribution is 9.10. The van der Waals surface area contributed by atoms with E-state index < -0.39 is 0 Å². The minimum absolute atomic E-state index is 0.0138. The van der Waals surface area contributed by atoms with Gasteiger partial charge < -0.3 is 10.1 Å². The fourth-order valence-electron chi connectivity index (χ4n) is 2.08. The van der Waals surface area contributed by atoms with Crippen LogP contribution < -0.4 is 10.1 Å². The van der Waals surface area contributed by atoms with E-state index in [9.17, 15) is 4.79 Å². The number of nitrogens with one attached hydrogen (secondary N) is 1. The first-order valence-corrected chi connectivity index (χ1v) is 7.66. The summed E-state index contributed by atoms with van der Waals surface area (Å²) in [6.07, 6.45) is 0.877. The number of carbonyl (C=O) groups excluding carboxylic acids is 1. The SMILES string of the molecule is CCc1cccc(C)c1NC(=O)COc1ccccc1Br. The highest BCUT2D eigenvalue weighted by Crippen LogP contribution is 2.24. The van der Waals surface area contributed by atoms with Crippen LogP contribution in [-0.2, 0) is 11.2 Å². The Morgan fingerprint density at radius 2 is 1.95 bits per heavy atom. The number of para-hydroxylation sites is 2. The molecule has 1 amide bonds. The number of rotatable bonds is 5. The number of amides is 1. The van der Waals surface area contributed by atoms with Crippen molar-refractivity contribution in [1.29, 1.82) is 0 Å². The van der Waals surface area contributed by atoms with Crippen LogP contribution in [0.3, 0.4) is 0 Å². The molecule has 0 aliphatic heterocycles. The maximum atomic E-state index is 12.1. The molecule has 4 heteroatoms. The molecule has 0 spiro atoms. The largest absolute Gasteiger partial charge is 0.483 e. The number of benzene rings is 2. The topological polar surface area (TPSA) is 38.3 Å². The molecule has 0 saturated heterocycles. The second-order valence-corrected chi connectivity index (χ2v) is 5.58. The molecule has 21 heavy (non-hydrogen) atoms. The van der Waals surface area contributed by atoms with E-state index >= 15 is 0 Å². The van der Waals surface area contributed by atoms with Crippen LogP contribution in [0.1, 0.15) is 18.1 Å². The van der Waals surface area contributed by atoms with Crippen LogP contribution in [0.25, 0.3) is 0 Å². The minimum Gasteiger partial charge on any atom is -0.483 e. The Kier molecular flexibility index (Phi) is 5.39. The van der Waals surface area contributed by atoms with E-state index in [-0.39, 0.29) is 12.5 Å². The predicted octanol–water partition coefficient (Wildman–Crippen LogP) is 4.34. The fourth-order valence-corrected chi connectivity index (χ4v) is 2.48. The summed E-state index contributed by atoms with van der Waals surface area (Å²) < 4.78 is 6.36. The second-order valence-electron chi connectivity index (χ2n) is 4.73. The molecule has 0 fully saturated rings. The van der Waals surface area contributed by atoms with E-state index in [1.54, 1.807) is 0 Å². The molecule has 1 N–H and O–H groups in total. The molecule has 0 aliphatic rings. The van der Waals surface area contributed by atoms with E-state index in [2.05, 4.69) is 28.2 Å². The summed E-state index contributed by atoms with van der Waals surface area (Å²) in [5.41, 5.74) is 3.08. The Labute approximate surface area is 133 Å². The van der Waals surface area contributed by atoms with Crippen molar-refractivity contribution < 1.29 is 9.53 Å². The Morgan fingerprint density at radius 1 is 1.19 bits per heavy atom. The first-order chi connectivity index (χ1) is 10.1. The Balaban J connectivity index is 2.01. The normalized spacial score (nSPS) is 10.2. The molecule has 2 rings (SSSR count). The number of halogens is 1. The molecule has 0 atom stereocenters. The molecule has 3 nitrogen and oxygen atoms in total. The van der Waals surface area contributed by atoms with E-state index in [0.717, 1.165) is 27.7 Å². The quantitative estimate of drug-likeness (QED) is 0.873. The molecule has 0 unspecified atom stereocenters. The zero-order valence-electron chi connectivity index (χ0n) is 12.2. The van der Waals surface area contributed by atoms with Gasteiger partial charge in [0.15, 0.2) is 6.61 Å². The van der Waals surface area contributed by atoms with Crippen molar-refractivity contribution in [2.45, 2.75) is 20.3 Å². The fraction of sp³-hybridized carbons (Fsp3) is 0.235. The van der Waals surface area contributed by atoms with Gasteiger partial charge in [0.25, 0.3) is 5.91 Å². The lowest BCUT2D eigenvalue weighted by atomic mass is 10.1. The molecule has 0 heterocycles. The predicted molar refractivity (Wildman–Crippen MR) is 88.8 cm³/mol. The first kappa shape index (κ1) is 15.6. The van der Waals surface area contributed by atoms with Crippen molar-refractivity contribution >= 4 is 27.5 Å². The number of carbonyl (C=O) groups is 1. The number of hydrogen-bond acceptors (Lipinski definition) is 2. The lowest BCUT2D eigenvalue weighted by Crippen LogP contribution is -2.21. The molecule has 0 aliphatic carbocycles. The maximum Gasteiger partial charge on any atom is 0.262 e. The Morgan fingerprint density at radius 3 is 2.67 bits per heavy atom. The van der Waals surface area contributed by atoms with Gasteiger partial charge in [-0.2, -0.15) is 0 Å². The summed E-state index contributed by atoms with van der Waals surface area (Å²) in [6, 6.07) is 13.5. The van der Waals surface area contributed by atoms with Crippen LogP contribution in [0.4, 0.5) is 5.69 Å². The molecule has 0 aromatic heterocycles. The third-order valence-corrected chi connectivity index (χ3v) is 3.85. The van der Waals surface area contributed by atoms with Crippen molar-refractivity contribution in [1.82, 2.24) is 0 Å². The summed E-state index contributed by atoms with van der Waals surface area (Å²) >= 11 is 3.39. The van der Waals surface area contributed by atoms with Crippen LogP contribution >= 0.6 is 15.9 Å². The molecular weight excluding hydrogens is 330 g/mol. The van der Waals surface area contributed by atoms with Crippen LogP contribution in [0.15, 0.2) is 46.9 Å². The molecular formula is C17H18BrNO2. The lowest BCUT2D eigenvalue weighted by Gasteiger charge is -2.13. The Bertz CT molecular complexity index is 640. The van der Waals surface area contributed by atoms with Gasteiger partial charge in [-0.3, -0.25) is 4.79 Å². The van der Waals surface area contributed by atoms with Gasteiger partial charge in [0, 0.05) is 5.69 Å². The molecule has 2 aromatic carbocycles. The summed E-state index contributed by atoms with van der Waals surface area (Å²) in [5, 5.41) is 2.94. The summed E-state index contributed by atoms with van der Waals surface area (Å²) in [4.78, 5) is 12.1. The third-order valence-electron chi connectivity index (χ3n) is 3.20. The molecule has 0 bridgehead atoms. The zero-order valence-corrected chi connectivity index (χ0v) is 13.7. The third kappa shape index (κ3) is 4.08. The van der Waals surface area contributed by atoms with Crippen molar-refractivity contribution in [3.63, 3.8) is 0 Å². The van der Waals surface area contributed by atoms with E-state index in [1.165, 1.54) is 0 Å². The minimum atomic E-state index is -0.158. The molecule has 2 aromatic rings. The molecule has 110 valence electrons. The van der Waals surface area contributed by atoms with Crippen LogP contribution in [0.2, 0.25) is 0 Å². The van der Waals surface area contributed by atoms with Gasteiger partial charge in [-0.15, -0.1) is 0 Å². The van der Waals surface area contributed by atoms with Crippen molar-refractivity contribution in [2.24, 2.45) is 0 Å². The van der Waals surface area contributed by atoms with Gasteiger partial charge in [-0.05, 0) is 52.5 Å². The van der Waals surface area contributed by atoms with E-state index in [1.807, 2.05) is 49.4 Å². The highest BCUT2D eigenvalue weighted by Gasteiger charge is 2.10. The highest BCUT2D eigenvalue weighted by atomic mass is 79.9. The van der Waals surface area contributed by atoms with Gasteiger partial charge in [-0.1, -0.05) is 37.3 Å². The smallest absolute Gasteiger partial charge is 0.262 e. The monoisotopic (exact) mass is 347 g/mol. The van der Waals surface area contributed by atoms with Crippen molar-refractivity contribution in [3.8, 4) is 5.75 Å². The summed E-state index contributed by atoms with van der Waals surface area (Å²) in [7, 11) is 0.